The standard InChI is InChI=1S/C14H21FN2O2S/c1-16(2)13-7-6-12(14(15)10-13)11-17-8-4-3-5-9-20(17,18)19/h6-7,10H,3-5,8-9,11H2,1-2H3. The average Bonchev–Trinajstić information content (AvgIpc) is 2.53. The SMILES string of the molecule is CN(C)c1ccc(CN2CCCCCS2(=O)=O)c(F)c1. The van der Waals surface area contributed by atoms with E-state index in [9.17, 15) is 12.8 Å². The first-order valence-electron chi connectivity index (χ1n) is 6.84. The molecule has 20 heavy (non-hydrogen) atoms. The summed E-state index contributed by atoms with van der Waals surface area (Å²) in [4.78, 5) is 1.82. The first-order valence-corrected chi connectivity index (χ1v) is 8.44. The van der Waals surface area contributed by atoms with Crippen LogP contribution in [0.2, 0.25) is 0 Å². The summed E-state index contributed by atoms with van der Waals surface area (Å²) in [5, 5.41) is 0. The van der Waals surface area contributed by atoms with Crippen molar-refractivity contribution in [1.29, 1.82) is 0 Å². The van der Waals surface area contributed by atoms with Gasteiger partial charge in [-0.25, -0.2) is 12.8 Å². The molecule has 0 saturated carbocycles. The maximum atomic E-state index is 14.1. The molecular formula is C14H21FN2O2S. The summed E-state index contributed by atoms with van der Waals surface area (Å²) in [5.74, 6) is -0.180. The van der Waals surface area contributed by atoms with E-state index in [1.165, 1.54) is 10.4 Å². The van der Waals surface area contributed by atoms with Gasteiger partial charge in [-0.3, -0.25) is 0 Å². The van der Waals surface area contributed by atoms with Crippen LogP contribution in [0.5, 0.6) is 0 Å². The lowest BCUT2D eigenvalue weighted by Gasteiger charge is -2.20. The lowest BCUT2D eigenvalue weighted by Crippen LogP contribution is -2.32. The minimum absolute atomic E-state index is 0.127. The second-order valence-corrected chi connectivity index (χ2v) is 7.47. The van der Waals surface area contributed by atoms with E-state index in [0.717, 1.165) is 18.5 Å². The zero-order chi connectivity index (χ0) is 14.8. The molecule has 0 N–H and O–H groups in total. The van der Waals surface area contributed by atoms with Gasteiger partial charge in [0.2, 0.25) is 10.0 Å². The Bertz CT molecular complexity index is 573. The Kier molecular flexibility index (Phi) is 4.65. The molecule has 0 aliphatic carbocycles. The van der Waals surface area contributed by atoms with Crippen molar-refractivity contribution in [2.24, 2.45) is 0 Å². The summed E-state index contributed by atoms with van der Waals surface area (Å²) in [5.41, 5.74) is 1.20. The Morgan fingerprint density at radius 2 is 2.00 bits per heavy atom. The van der Waals surface area contributed by atoms with Crippen LogP contribution in [-0.2, 0) is 16.6 Å². The predicted octanol–water partition coefficient (Wildman–Crippen LogP) is 2.21. The van der Waals surface area contributed by atoms with Crippen molar-refractivity contribution in [3.63, 3.8) is 0 Å². The fraction of sp³-hybridized carbons (Fsp3) is 0.571. The molecule has 1 aliphatic heterocycles. The number of hydrogen-bond donors (Lipinski definition) is 0. The number of hydrogen-bond acceptors (Lipinski definition) is 3. The molecule has 1 aromatic rings. The molecule has 1 fully saturated rings. The lowest BCUT2D eigenvalue weighted by molar-refractivity contribution is 0.401. The first-order chi connectivity index (χ1) is 9.40. The fourth-order valence-corrected chi connectivity index (χ4v) is 3.90. The molecule has 0 spiro atoms. The molecular weight excluding hydrogens is 279 g/mol. The number of sulfonamides is 1. The molecule has 0 unspecified atom stereocenters. The van der Waals surface area contributed by atoms with Crippen LogP contribution in [0.15, 0.2) is 18.2 Å². The van der Waals surface area contributed by atoms with E-state index >= 15 is 0 Å². The summed E-state index contributed by atoms with van der Waals surface area (Å²) < 4.78 is 39.7. The van der Waals surface area contributed by atoms with Crippen LogP contribution in [0.4, 0.5) is 10.1 Å². The van der Waals surface area contributed by atoms with E-state index in [4.69, 9.17) is 0 Å². The van der Waals surface area contributed by atoms with Crippen LogP contribution in [0.3, 0.4) is 0 Å². The van der Waals surface area contributed by atoms with E-state index < -0.39 is 10.0 Å². The van der Waals surface area contributed by atoms with Crippen molar-refractivity contribution < 1.29 is 12.8 Å². The van der Waals surface area contributed by atoms with Crippen LogP contribution in [0.25, 0.3) is 0 Å². The maximum Gasteiger partial charge on any atom is 0.214 e. The third-order valence-corrected chi connectivity index (χ3v) is 5.51. The van der Waals surface area contributed by atoms with Gasteiger partial charge >= 0.3 is 0 Å². The Hall–Kier alpha value is -1.14. The van der Waals surface area contributed by atoms with Crippen LogP contribution in [-0.4, -0.2) is 39.1 Å². The molecule has 1 saturated heterocycles. The van der Waals surface area contributed by atoms with E-state index in [1.807, 2.05) is 25.1 Å². The normalized spacial score (nSPS) is 19.6. The topological polar surface area (TPSA) is 40.6 Å². The van der Waals surface area contributed by atoms with E-state index in [1.54, 1.807) is 6.07 Å². The van der Waals surface area contributed by atoms with Crippen molar-refractivity contribution in [2.45, 2.75) is 25.8 Å². The molecule has 0 radical (unpaired) electrons. The van der Waals surface area contributed by atoms with Gasteiger partial charge in [-0.1, -0.05) is 12.5 Å². The third kappa shape index (κ3) is 3.49. The fourth-order valence-electron chi connectivity index (χ4n) is 2.33. The predicted molar refractivity (Wildman–Crippen MR) is 78.8 cm³/mol. The molecule has 2 rings (SSSR count). The monoisotopic (exact) mass is 300 g/mol. The Balaban J connectivity index is 2.20. The molecule has 1 aliphatic rings. The smallest absolute Gasteiger partial charge is 0.214 e. The number of benzene rings is 1. The highest BCUT2D eigenvalue weighted by Gasteiger charge is 2.25. The van der Waals surface area contributed by atoms with Crippen LogP contribution in [0, 0.1) is 5.82 Å². The Morgan fingerprint density at radius 3 is 2.65 bits per heavy atom. The van der Waals surface area contributed by atoms with Crippen LogP contribution >= 0.6 is 0 Å². The molecule has 6 heteroatoms. The summed E-state index contributed by atoms with van der Waals surface area (Å²) in [7, 11) is 0.437. The highest BCUT2D eigenvalue weighted by atomic mass is 32.2. The number of halogens is 1. The number of nitrogens with zero attached hydrogens (tertiary/aromatic N) is 2. The Morgan fingerprint density at radius 1 is 1.25 bits per heavy atom. The van der Waals surface area contributed by atoms with E-state index in [-0.39, 0.29) is 18.1 Å². The van der Waals surface area contributed by atoms with Crippen molar-refractivity contribution in [3.8, 4) is 0 Å². The molecule has 1 heterocycles. The second kappa shape index (κ2) is 6.10. The molecule has 0 amide bonds. The van der Waals surface area contributed by atoms with Crippen LogP contribution < -0.4 is 4.90 Å². The van der Waals surface area contributed by atoms with Crippen molar-refractivity contribution in [3.05, 3.63) is 29.6 Å². The summed E-state index contributed by atoms with van der Waals surface area (Å²) >= 11 is 0. The van der Waals surface area contributed by atoms with Crippen molar-refractivity contribution in [2.75, 3.05) is 31.3 Å². The molecule has 112 valence electrons. The summed E-state index contributed by atoms with van der Waals surface area (Å²) in [6.45, 7) is 0.610. The molecule has 0 bridgehead atoms. The summed E-state index contributed by atoms with van der Waals surface area (Å²) in [6, 6.07) is 4.92. The van der Waals surface area contributed by atoms with Crippen LogP contribution in [0.1, 0.15) is 24.8 Å². The summed E-state index contributed by atoms with van der Waals surface area (Å²) in [6.07, 6.45) is 2.45. The molecule has 4 nitrogen and oxygen atoms in total. The van der Waals surface area contributed by atoms with E-state index in [0.29, 0.717) is 18.5 Å². The largest absolute Gasteiger partial charge is 0.378 e. The van der Waals surface area contributed by atoms with Gasteiger partial charge in [0.05, 0.1) is 5.75 Å². The Labute approximate surface area is 120 Å². The lowest BCUT2D eigenvalue weighted by atomic mass is 10.1. The second-order valence-electron chi connectivity index (χ2n) is 5.38. The van der Waals surface area contributed by atoms with Gasteiger partial charge in [0, 0.05) is 38.4 Å². The minimum Gasteiger partial charge on any atom is -0.378 e. The van der Waals surface area contributed by atoms with Crippen molar-refractivity contribution in [1.82, 2.24) is 4.31 Å². The molecule has 0 atom stereocenters. The first kappa shape index (κ1) is 15.3. The maximum absolute atomic E-state index is 14.1. The van der Waals surface area contributed by atoms with Gasteiger partial charge in [-0.2, -0.15) is 4.31 Å². The third-order valence-electron chi connectivity index (χ3n) is 3.60. The van der Waals surface area contributed by atoms with Gasteiger partial charge in [-0.15, -0.1) is 0 Å². The van der Waals surface area contributed by atoms with Gasteiger partial charge in [0.15, 0.2) is 0 Å². The molecule has 0 aromatic heterocycles. The highest BCUT2D eigenvalue weighted by Crippen LogP contribution is 2.21. The zero-order valence-corrected chi connectivity index (χ0v) is 12.8. The van der Waals surface area contributed by atoms with Gasteiger partial charge in [0.25, 0.3) is 0 Å². The quantitative estimate of drug-likeness (QED) is 0.859. The van der Waals surface area contributed by atoms with E-state index in [2.05, 4.69) is 0 Å². The number of anilines is 1. The van der Waals surface area contributed by atoms with Gasteiger partial charge in [-0.05, 0) is 25.0 Å². The number of rotatable bonds is 3. The molecule has 1 aromatic carbocycles. The van der Waals surface area contributed by atoms with Gasteiger partial charge in [0.1, 0.15) is 5.82 Å². The minimum atomic E-state index is -3.25. The van der Waals surface area contributed by atoms with Crippen molar-refractivity contribution >= 4 is 15.7 Å². The highest BCUT2D eigenvalue weighted by molar-refractivity contribution is 7.89. The zero-order valence-electron chi connectivity index (χ0n) is 12.0. The average molecular weight is 300 g/mol. The van der Waals surface area contributed by atoms with Gasteiger partial charge < -0.3 is 4.90 Å².